The smallest absolute Gasteiger partial charge is 0.129 e. The number of benzene rings is 1. The first-order valence-electron chi connectivity index (χ1n) is 7.96. The summed E-state index contributed by atoms with van der Waals surface area (Å²) in [6.45, 7) is 5.82. The summed E-state index contributed by atoms with van der Waals surface area (Å²) in [6.07, 6.45) is 4.95. The molecule has 0 saturated heterocycles. The van der Waals surface area contributed by atoms with E-state index in [1.165, 1.54) is 25.7 Å². The number of fused-ring (bicyclic) bond motifs is 1. The molecule has 1 heterocycles. The van der Waals surface area contributed by atoms with E-state index in [4.69, 9.17) is 10.5 Å². The second kappa shape index (κ2) is 7.99. The number of anilines is 1. The van der Waals surface area contributed by atoms with Crippen molar-refractivity contribution in [1.29, 1.82) is 0 Å². The van der Waals surface area contributed by atoms with Crippen molar-refractivity contribution in [3.63, 3.8) is 0 Å². The fourth-order valence-corrected chi connectivity index (χ4v) is 2.52. The Bertz CT molecular complexity index is 568. The molecule has 21 heavy (non-hydrogen) atoms. The molecule has 1 atom stereocenters. The summed E-state index contributed by atoms with van der Waals surface area (Å²) >= 11 is 0. The van der Waals surface area contributed by atoms with Crippen LogP contribution in [0.15, 0.2) is 30.3 Å². The van der Waals surface area contributed by atoms with Gasteiger partial charge in [0.15, 0.2) is 0 Å². The third-order valence-corrected chi connectivity index (χ3v) is 3.99. The van der Waals surface area contributed by atoms with Gasteiger partial charge in [-0.3, -0.25) is 0 Å². The van der Waals surface area contributed by atoms with E-state index in [0.29, 0.717) is 18.3 Å². The lowest BCUT2D eigenvalue weighted by Crippen LogP contribution is -2.10. The van der Waals surface area contributed by atoms with Crippen LogP contribution in [0.3, 0.4) is 0 Å². The Morgan fingerprint density at radius 1 is 1.24 bits per heavy atom. The zero-order valence-corrected chi connectivity index (χ0v) is 13.1. The Morgan fingerprint density at radius 2 is 2.05 bits per heavy atom. The molecule has 2 aromatic rings. The van der Waals surface area contributed by atoms with Gasteiger partial charge in [-0.05, 0) is 24.5 Å². The molecule has 3 heteroatoms. The van der Waals surface area contributed by atoms with E-state index < -0.39 is 0 Å². The number of nitrogens with two attached hydrogens (primary N) is 1. The maximum Gasteiger partial charge on any atom is 0.129 e. The number of hydrogen-bond acceptors (Lipinski definition) is 3. The van der Waals surface area contributed by atoms with E-state index in [9.17, 15) is 0 Å². The van der Waals surface area contributed by atoms with Crippen molar-refractivity contribution in [2.24, 2.45) is 5.92 Å². The molecule has 2 rings (SSSR count). The highest BCUT2D eigenvalue weighted by molar-refractivity contribution is 5.81. The second-order valence-electron chi connectivity index (χ2n) is 5.66. The van der Waals surface area contributed by atoms with E-state index in [-0.39, 0.29) is 0 Å². The third-order valence-electron chi connectivity index (χ3n) is 3.99. The average Bonchev–Trinajstić information content (AvgIpc) is 2.51. The van der Waals surface area contributed by atoms with Crippen molar-refractivity contribution >= 4 is 16.7 Å². The van der Waals surface area contributed by atoms with E-state index in [2.05, 4.69) is 31.0 Å². The maximum absolute atomic E-state index is 6.03. The SMILES string of the molecule is CCCCC(CC)COCc1cc2ccccc2nc1N. The number of nitrogen functional groups attached to an aromatic ring is 1. The van der Waals surface area contributed by atoms with Gasteiger partial charge in [-0.1, -0.05) is 51.3 Å². The molecule has 1 aromatic carbocycles. The normalized spacial score (nSPS) is 12.7. The predicted molar refractivity (Wildman–Crippen MR) is 89.1 cm³/mol. The maximum atomic E-state index is 6.03. The summed E-state index contributed by atoms with van der Waals surface area (Å²) in [5.41, 5.74) is 7.95. The lowest BCUT2D eigenvalue weighted by Gasteiger charge is -2.15. The van der Waals surface area contributed by atoms with Crippen LogP contribution in [0.2, 0.25) is 0 Å². The molecule has 0 amide bonds. The van der Waals surface area contributed by atoms with Gasteiger partial charge in [0.25, 0.3) is 0 Å². The van der Waals surface area contributed by atoms with Crippen LogP contribution < -0.4 is 5.73 Å². The molecule has 114 valence electrons. The number of nitrogens with zero attached hydrogens (tertiary/aromatic N) is 1. The van der Waals surface area contributed by atoms with Crippen molar-refractivity contribution < 1.29 is 4.74 Å². The Hall–Kier alpha value is -1.61. The Labute approximate surface area is 127 Å². The molecule has 0 saturated carbocycles. The summed E-state index contributed by atoms with van der Waals surface area (Å²) in [4.78, 5) is 4.44. The monoisotopic (exact) mass is 286 g/mol. The number of rotatable bonds is 8. The predicted octanol–water partition coefficient (Wildman–Crippen LogP) is 4.55. The quantitative estimate of drug-likeness (QED) is 0.774. The molecule has 0 aliphatic carbocycles. The van der Waals surface area contributed by atoms with Crippen LogP contribution >= 0.6 is 0 Å². The summed E-state index contributed by atoms with van der Waals surface area (Å²) < 4.78 is 5.88. The summed E-state index contributed by atoms with van der Waals surface area (Å²) in [7, 11) is 0. The third kappa shape index (κ3) is 4.43. The number of aromatic nitrogens is 1. The van der Waals surface area contributed by atoms with E-state index in [0.717, 1.165) is 23.1 Å². The van der Waals surface area contributed by atoms with E-state index >= 15 is 0 Å². The first-order chi connectivity index (χ1) is 10.2. The molecule has 2 N–H and O–H groups in total. The van der Waals surface area contributed by atoms with Gasteiger partial charge in [0, 0.05) is 17.6 Å². The molecule has 0 aliphatic rings. The van der Waals surface area contributed by atoms with Crippen LogP contribution in [0.4, 0.5) is 5.82 Å². The number of pyridine rings is 1. The highest BCUT2D eigenvalue weighted by Gasteiger charge is 2.08. The Balaban J connectivity index is 1.95. The van der Waals surface area contributed by atoms with E-state index in [1.54, 1.807) is 0 Å². The van der Waals surface area contributed by atoms with Crippen molar-refractivity contribution in [3.8, 4) is 0 Å². The van der Waals surface area contributed by atoms with Gasteiger partial charge < -0.3 is 10.5 Å². The van der Waals surface area contributed by atoms with Gasteiger partial charge in [0.1, 0.15) is 5.82 Å². The minimum atomic E-state index is 0.548. The molecule has 3 nitrogen and oxygen atoms in total. The molecular formula is C18H26N2O. The molecular weight excluding hydrogens is 260 g/mol. The van der Waals surface area contributed by atoms with Crippen molar-refractivity contribution in [3.05, 3.63) is 35.9 Å². The van der Waals surface area contributed by atoms with Crippen LogP contribution in [-0.4, -0.2) is 11.6 Å². The fourth-order valence-electron chi connectivity index (χ4n) is 2.52. The number of ether oxygens (including phenoxy) is 1. The van der Waals surface area contributed by atoms with Crippen molar-refractivity contribution in [2.45, 2.75) is 46.1 Å². The minimum Gasteiger partial charge on any atom is -0.383 e. The zero-order chi connectivity index (χ0) is 15.1. The molecule has 0 bridgehead atoms. The highest BCUT2D eigenvalue weighted by atomic mass is 16.5. The largest absolute Gasteiger partial charge is 0.383 e. The van der Waals surface area contributed by atoms with Crippen molar-refractivity contribution in [2.75, 3.05) is 12.3 Å². The van der Waals surface area contributed by atoms with Gasteiger partial charge in [-0.2, -0.15) is 0 Å². The van der Waals surface area contributed by atoms with Crippen LogP contribution in [0.5, 0.6) is 0 Å². The first-order valence-corrected chi connectivity index (χ1v) is 7.96. The number of hydrogen-bond donors (Lipinski definition) is 1. The van der Waals surface area contributed by atoms with Gasteiger partial charge in [-0.25, -0.2) is 4.98 Å². The lowest BCUT2D eigenvalue weighted by atomic mass is 10.0. The van der Waals surface area contributed by atoms with Crippen LogP contribution in [0, 0.1) is 5.92 Å². The van der Waals surface area contributed by atoms with Gasteiger partial charge >= 0.3 is 0 Å². The standard InChI is InChI=1S/C18H26N2O/c1-3-5-8-14(4-2)12-21-13-16-11-15-9-6-7-10-17(15)20-18(16)19/h6-7,9-11,14H,3-5,8,12-13H2,1-2H3,(H2,19,20). The number of unbranched alkanes of at least 4 members (excludes halogenated alkanes) is 1. The first kappa shape index (κ1) is 15.8. The van der Waals surface area contributed by atoms with E-state index in [1.807, 2.05) is 18.2 Å². The Morgan fingerprint density at radius 3 is 2.81 bits per heavy atom. The van der Waals surface area contributed by atoms with Crippen LogP contribution in [0.1, 0.15) is 45.1 Å². The van der Waals surface area contributed by atoms with Crippen LogP contribution in [0.25, 0.3) is 10.9 Å². The summed E-state index contributed by atoms with van der Waals surface area (Å²) in [6, 6.07) is 10.1. The fraction of sp³-hybridized carbons (Fsp3) is 0.500. The minimum absolute atomic E-state index is 0.548. The van der Waals surface area contributed by atoms with Gasteiger partial charge in [-0.15, -0.1) is 0 Å². The van der Waals surface area contributed by atoms with Gasteiger partial charge in [0.2, 0.25) is 0 Å². The molecule has 0 spiro atoms. The summed E-state index contributed by atoms with van der Waals surface area (Å²) in [5, 5.41) is 1.11. The molecule has 1 aromatic heterocycles. The lowest BCUT2D eigenvalue weighted by molar-refractivity contribution is 0.0822. The Kier molecular flexibility index (Phi) is 6.00. The second-order valence-corrected chi connectivity index (χ2v) is 5.66. The highest BCUT2D eigenvalue weighted by Crippen LogP contribution is 2.20. The molecule has 1 unspecified atom stereocenters. The number of para-hydroxylation sites is 1. The molecule has 0 radical (unpaired) electrons. The van der Waals surface area contributed by atoms with Gasteiger partial charge in [0.05, 0.1) is 12.1 Å². The van der Waals surface area contributed by atoms with Crippen LogP contribution in [-0.2, 0) is 11.3 Å². The van der Waals surface area contributed by atoms with Crippen molar-refractivity contribution in [1.82, 2.24) is 4.98 Å². The summed E-state index contributed by atoms with van der Waals surface area (Å²) in [5.74, 6) is 1.23. The zero-order valence-electron chi connectivity index (χ0n) is 13.1. The topological polar surface area (TPSA) is 48.1 Å². The molecule has 0 fully saturated rings. The average molecular weight is 286 g/mol. The molecule has 0 aliphatic heterocycles.